The van der Waals surface area contributed by atoms with Crippen molar-refractivity contribution in [3.63, 3.8) is 0 Å². The van der Waals surface area contributed by atoms with E-state index in [1.54, 1.807) is 20.3 Å². The van der Waals surface area contributed by atoms with Crippen molar-refractivity contribution in [1.29, 1.82) is 0 Å². The van der Waals surface area contributed by atoms with E-state index in [0.29, 0.717) is 29.7 Å². The van der Waals surface area contributed by atoms with Crippen molar-refractivity contribution in [3.05, 3.63) is 52.5 Å². The Morgan fingerprint density at radius 3 is 2.50 bits per heavy atom. The van der Waals surface area contributed by atoms with Gasteiger partial charge in [-0.25, -0.2) is 0 Å². The van der Waals surface area contributed by atoms with Crippen LogP contribution in [0.4, 0.5) is 0 Å². The number of ether oxygens (including phenoxy) is 3. The third-order valence-corrected chi connectivity index (χ3v) is 4.07. The van der Waals surface area contributed by atoms with Crippen LogP contribution in [0.15, 0.2) is 36.4 Å². The molecule has 2 aromatic rings. The minimum atomic E-state index is 0.595. The van der Waals surface area contributed by atoms with Crippen molar-refractivity contribution >= 4 is 11.6 Å². The number of hydrogen-bond acceptors (Lipinski definition) is 4. The largest absolute Gasteiger partial charge is 0.493 e. The first-order chi connectivity index (χ1) is 11.7. The summed E-state index contributed by atoms with van der Waals surface area (Å²) in [6, 6.07) is 11.8. The van der Waals surface area contributed by atoms with E-state index in [0.717, 1.165) is 24.3 Å². The monoisotopic (exact) mass is 349 g/mol. The second-order valence-corrected chi connectivity index (χ2v) is 5.73. The van der Waals surface area contributed by atoms with Crippen molar-refractivity contribution in [2.45, 2.75) is 19.9 Å². The topological polar surface area (TPSA) is 39.7 Å². The third-order valence-electron chi connectivity index (χ3n) is 3.72. The zero-order chi connectivity index (χ0) is 17.4. The number of benzene rings is 2. The summed E-state index contributed by atoms with van der Waals surface area (Å²) in [5.74, 6) is 2.21. The zero-order valence-corrected chi connectivity index (χ0v) is 15.2. The van der Waals surface area contributed by atoms with Crippen LogP contribution >= 0.6 is 11.6 Å². The van der Waals surface area contributed by atoms with E-state index in [1.807, 2.05) is 18.2 Å². The molecule has 24 heavy (non-hydrogen) atoms. The number of rotatable bonds is 9. The Bertz CT molecular complexity index is 661. The molecule has 0 atom stereocenters. The lowest BCUT2D eigenvalue weighted by Crippen LogP contribution is -2.20. The molecule has 4 nitrogen and oxygen atoms in total. The maximum atomic E-state index is 6.27. The molecule has 2 rings (SSSR count). The molecule has 0 aliphatic rings. The summed E-state index contributed by atoms with van der Waals surface area (Å²) in [5.41, 5.74) is 2.24. The van der Waals surface area contributed by atoms with Gasteiger partial charge in [0.25, 0.3) is 0 Å². The van der Waals surface area contributed by atoms with Crippen molar-refractivity contribution < 1.29 is 14.2 Å². The number of aryl methyl sites for hydroxylation is 1. The minimum absolute atomic E-state index is 0.595. The molecule has 0 unspecified atom stereocenters. The molecule has 130 valence electrons. The fraction of sp³-hybridized carbons (Fsp3) is 0.368. The molecular weight excluding hydrogens is 326 g/mol. The lowest BCUT2D eigenvalue weighted by molar-refractivity contribution is 0.313. The maximum Gasteiger partial charge on any atom is 0.162 e. The minimum Gasteiger partial charge on any atom is -0.493 e. The molecule has 0 bridgehead atoms. The van der Waals surface area contributed by atoms with Gasteiger partial charge < -0.3 is 19.5 Å². The van der Waals surface area contributed by atoms with Gasteiger partial charge >= 0.3 is 0 Å². The highest BCUT2D eigenvalue weighted by molar-refractivity contribution is 6.31. The molecule has 0 aliphatic heterocycles. The van der Waals surface area contributed by atoms with E-state index in [4.69, 9.17) is 25.8 Å². The molecule has 0 saturated heterocycles. The van der Waals surface area contributed by atoms with Crippen LogP contribution in [0, 0.1) is 0 Å². The molecule has 0 aromatic heterocycles. The summed E-state index contributed by atoms with van der Waals surface area (Å²) in [4.78, 5) is 0. The second-order valence-electron chi connectivity index (χ2n) is 5.32. The molecule has 2 aromatic carbocycles. The SMILES string of the molecule is CCc1cccc(OCCNCc2cc(OC)c(OC)cc2Cl)c1. The fourth-order valence-corrected chi connectivity index (χ4v) is 2.57. The van der Waals surface area contributed by atoms with Gasteiger partial charge in [0, 0.05) is 24.2 Å². The van der Waals surface area contributed by atoms with E-state index in [9.17, 15) is 0 Å². The van der Waals surface area contributed by atoms with E-state index in [-0.39, 0.29) is 0 Å². The molecular formula is C19H24ClNO3. The van der Waals surface area contributed by atoms with Gasteiger partial charge in [0.05, 0.1) is 14.2 Å². The van der Waals surface area contributed by atoms with E-state index in [2.05, 4.69) is 24.4 Å². The molecule has 0 spiro atoms. The fourth-order valence-electron chi connectivity index (χ4n) is 2.35. The molecule has 0 aliphatic carbocycles. The smallest absolute Gasteiger partial charge is 0.162 e. The predicted octanol–water partition coefficient (Wildman–Crippen LogP) is 4.09. The standard InChI is InChI=1S/C19H24ClNO3/c1-4-14-6-5-7-16(10-14)24-9-8-21-13-15-11-18(22-2)19(23-3)12-17(15)20/h5-7,10-12,21H,4,8-9,13H2,1-3H3. The highest BCUT2D eigenvalue weighted by atomic mass is 35.5. The van der Waals surface area contributed by atoms with Crippen molar-refractivity contribution in [2.75, 3.05) is 27.4 Å². The molecule has 0 heterocycles. The Balaban J connectivity index is 1.81. The number of halogens is 1. The van der Waals surface area contributed by atoms with Crippen LogP contribution in [0.1, 0.15) is 18.1 Å². The summed E-state index contributed by atoms with van der Waals surface area (Å²) < 4.78 is 16.3. The summed E-state index contributed by atoms with van der Waals surface area (Å²) in [6.07, 6.45) is 1.01. The van der Waals surface area contributed by atoms with Crippen molar-refractivity contribution in [2.24, 2.45) is 0 Å². The number of nitrogens with one attached hydrogen (secondary N) is 1. The first kappa shape index (κ1) is 18.4. The normalized spacial score (nSPS) is 10.5. The van der Waals surface area contributed by atoms with Gasteiger partial charge in [-0.3, -0.25) is 0 Å². The molecule has 0 amide bonds. The average Bonchev–Trinajstić information content (AvgIpc) is 2.62. The maximum absolute atomic E-state index is 6.27. The first-order valence-electron chi connectivity index (χ1n) is 8.00. The van der Waals surface area contributed by atoms with Gasteiger partial charge in [-0.2, -0.15) is 0 Å². The summed E-state index contributed by atoms with van der Waals surface area (Å²) in [7, 11) is 3.21. The molecule has 0 radical (unpaired) electrons. The first-order valence-corrected chi connectivity index (χ1v) is 8.38. The molecule has 5 heteroatoms. The second kappa shape index (κ2) is 9.40. The lowest BCUT2D eigenvalue weighted by Gasteiger charge is -2.13. The van der Waals surface area contributed by atoms with Gasteiger partial charge in [0.2, 0.25) is 0 Å². The predicted molar refractivity (Wildman–Crippen MR) is 97.6 cm³/mol. The van der Waals surface area contributed by atoms with Crippen LogP contribution in [0.5, 0.6) is 17.2 Å². The molecule has 0 saturated carbocycles. The van der Waals surface area contributed by atoms with Gasteiger partial charge in [-0.1, -0.05) is 30.7 Å². The molecule has 0 fully saturated rings. The Morgan fingerprint density at radius 2 is 1.79 bits per heavy atom. The van der Waals surface area contributed by atoms with Gasteiger partial charge in [-0.15, -0.1) is 0 Å². The van der Waals surface area contributed by atoms with E-state index in [1.165, 1.54) is 5.56 Å². The van der Waals surface area contributed by atoms with Crippen LogP contribution < -0.4 is 19.5 Å². The van der Waals surface area contributed by atoms with Crippen LogP contribution in [-0.2, 0) is 13.0 Å². The van der Waals surface area contributed by atoms with Crippen LogP contribution in [0.25, 0.3) is 0 Å². The van der Waals surface area contributed by atoms with E-state index >= 15 is 0 Å². The summed E-state index contributed by atoms with van der Waals surface area (Å²) in [6.45, 7) is 4.09. The zero-order valence-electron chi connectivity index (χ0n) is 14.4. The van der Waals surface area contributed by atoms with Gasteiger partial charge in [0.15, 0.2) is 11.5 Å². The van der Waals surface area contributed by atoms with Crippen molar-refractivity contribution in [3.8, 4) is 17.2 Å². The number of hydrogen-bond donors (Lipinski definition) is 1. The molecule has 1 N–H and O–H groups in total. The van der Waals surface area contributed by atoms with E-state index < -0.39 is 0 Å². The van der Waals surface area contributed by atoms with Crippen LogP contribution in [0.2, 0.25) is 5.02 Å². The lowest BCUT2D eigenvalue weighted by atomic mass is 10.2. The van der Waals surface area contributed by atoms with Crippen molar-refractivity contribution in [1.82, 2.24) is 5.32 Å². The average molecular weight is 350 g/mol. The Hall–Kier alpha value is -1.91. The Labute approximate surface area is 148 Å². The highest BCUT2D eigenvalue weighted by Crippen LogP contribution is 2.32. The Kier molecular flexibility index (Phi) is 7.22. The quantitative estimate of drug-likeness (QED) is 0.692. The van der Waals surface area contributed by atoms with Crippen LogP contribution in [0.3, 0.4) is 0 Å². The van der Waals surface area contributed by atoms with Crippen LogP contribution in [-0.4, -0.2) is 27.4 Å². The van der Waals surface area contributed by atoms with Gasteiger partial charge in [-0.05, 0) is 35.7 Å². The summed E-state index contributed by atoms with van der Waals surface area (Å²) in [5, 5.41) is 3.97. The summed E-state index contributed by atoms with van der Waals surface area (Å²) >= 11 is 6.27. The highest BCUT2D eigenvalue weighted by Gasteiger charge is 2.09. The van der Waals surface area contributed by atoms with Gasteiger partial charge in [0.1, 0.15) is 12.4 Å². The Morgan fingerprint density at radius 1 is 1.04 bits per heavy atom. The third kappa shape index (κ3) is 5.05. The number of methoxy groups -OCH3 is 2.